The van der Waals surface area contributed by atoms with Crippen LogP contribution >= 0.6 is 0 Å². The lowest BCUT2D eigenvalue weighted by molar-refractivity contribution is 0.705. The third-order valence-corrected chi connectivity index (χ3v) is 3.26. The zero-order valence-electron chi connectivity index (χ0n) is 11.6. The van der Waals surface area contributed by atoms with Crippen LogP contribution in [0.3, 0.4) is 0 Å². The molecule has 100 valence electrons. The standard InChI is InChI=1S/C16H21N3/c1-13(14-7-4-3-5-8-14)11-12-18-16-10-6-9-15(17-2)19-16/h3-10,13H,11-12H2,1-2H3,(H2,17,18,19). The van der Waals surface area contributed by atoms with E-state index in [1.165, 1.54) is 5.56 Å². The molecule has 0 bridgehead atoms. The van der Waals surface area contributed by atoms with Crippen LogP contribution in [0.15, 0.2) is 48.5 Å². The highest BCUT2D eigenvalue weighted by Gasteiger charge is 2.04. The first-order valence-corrected chi connectivity index (χ1v) is 6.73. The van der Waals surface area contributed by atoms with Crippen LogP contribution in [0.1, 0.15) is 24.8 Å². The van der Waals surface area contributed by atoms with Crippen molar-refractivity contribution in [1.29, 1.82) is 0 Å². The summed E-state index contributed by atoms with van der Waals surface area (Å²) in [6.07, 6.45) is 1.09. The largest absolute Gasteiger partial charge is 0.373 e. The lowest BCUT2D eigenvalue weighted by atomic mass is 9.98. The van der Waals surface area contributed by atoms with Crippen molar-refractivity contribution in [3.8, 4) is 0 Å². The van der Waals surface area contributed by atoms with E-state index in [0.717, 1.165) is 24.6 Å². The average Bonchev–Trinajstić information content (AvgIpc) is 2.48. The average molecular weight is 255 g/mol. The van der Waals surface area contributed by atoms with Gasteiger partial charge < -0.3 is 10.6 Å². The third-order valence-electron chi connectivity index (χ3n) is 3.26. The molecule has 0 aliphatic heterocycles. The molecule has 1 heterocycles. The van der Waals surface area contributed by atoms with Gasteiger partial charge in [0, 0.05) is 13.6 Å². The van der Waals surface area contributed by atoms with Crippen LogP contribution in [-0.4, -0.2) is 18.6 Å². The molecule has 19 heavy (non-hydrogen) atoms. The molecule has 0 aliphatic carbocycles. The van der Waals surface area contributed by atoms with Gasteiger partial charge in [0.25, 0.3) is 0 Å². The number of anilines is 2. The second-order valence-corrected chi connectivity index (χ2v) is 4.69. The number of nitrogens with zero attached hydrogens (tertiary/aromatic N) is 1. The molecule has 1 unspecified atom stereocenters. The fourth-order valence-electron chi connectivity index (χ4n) is 2.04. The van der Waals surface area contributed by atoms with E-state index >= 15 is 0 Å². The molecule has 0 fully saturated rings. The zero-order valence-corrected chi connectivity index (χ0v) is 11.6. The number of hydrogen-bond acceptors (Lipinski definition) is 3. The highest BCUT2D eigenvalue weighted by Crippen LogP contribution is 2.18. The van der Waals surface area contributed by atoms with E-state index in [4.69, 9.17) is 0 Å². The van der Waals surface area contributed by atoms with Crippen LogP contribution < -0.4 is 10.6 Å². The van der Waals surface area contributed by atoms with Gasteiger partial charge in [-0.25, -0.2) is 4.98 Å². The Hall–Kier alpha value is -2.03. The third kappa shape index (κ3) is 3.98. The molecule has 1 atom stereocenters. The fraction of sp³-hybridized carbons (Fsp3) is 0.312. The molecule has 1 aromatic heterocycles. The first-order chi connectivity index (χ1) is 9.29. The Balaban J connectivity index is 1.83. The molecule has 2 N–H and O–H groups in total. The Morgan fingerprint density at radius 3 is 2.47 bits per heavy atom. The molecule has 0 radical (unpaired) electrons. The highest BCUT2D eigenvalue weighted by atomic mass is 15.0. The van der Waals surface area contributed by atoms with E-state index in [1.807, 2.05) is 25.2 Å². The molecule has 1 aromatic carbocycles. The smallest absolute Gasteiger partial charge is 0.128 e. The topological polar surface area (TPSA) is 37.0 Å². The Bertz CT molecular complexity index is 496. The minimum Gasteiger partial charge on any atom is -0.373 e. The van der Waals surface area contributed by atoms with Crippen molar-refractivity contribution in [2.45, 2.75) is 19.3 Å². The van der Waals surface area contributed by atoms with Crippen molar-refractivity contribution < 1.29 is 0 Å². The summed E-state index contributed by atoms with van der Waals surface area (Å²) in [7, 11) is 1.88. The predicted molar refractivity (Wildman–Crippen MR) is 81.7 cm³/mol. The van der Waals surface area contributed by atoms with Gasteiger partial charge in [-0.2, -0.15) is 0 Å². The molecule has 2 rings (SSSR count). The normalized spacial score (nSPS) is 11.9. The first-order valence-electron chi connectivity index (χ1n) is 6.73. The van der Waals surface area contributed by atoms with Crippen molar-refractivity contribution in [2.75, 3.05) is 24.2 Å². The lowest BCUT2D eigenvalue weighted by Gasteiger charge is -2.13. The monoisotopic (exact) mass is 255 g/mol. The van der Waals surface area contributed by atoms with Crippen molar-refractivity contribution >= 4 is 11.6 Å². The summed E-state index contributed by atoms with van der Waals surface area (Å²) in [5.41, 5.74) is 1.39. The Morgan fingerprint density at radius 1 is 1.00 bits per heavy atom. The van der Waals surface area contributed by atoms with Crippen LogP contribution in [0.4, 0.5) is 11.6 Å². The van der Waals surface area contributed by atoms with Crippen LogP contribution in [0.5, 0.6) is 0 Å². The maximum Gasteiger partial charge on any atom is 0.128 e. The van der Waals surface area contributed by atoms with E-state index < -0.39 is 0 Å². The highest BCUT2D eigenvalue weighted by molar-refractivity contribution is 5.44. The molecule has 3 heteroatoms. The summed E-state index contributed by atoms with van der Waals surface area (Å²) in [6, 6.07) is 16.6. The van der Waals surface area contributed by atoms with Crippen LogP contribution in [0.25, 0.3) is 0 Å². The minimum absolute atomic E-state index is 0.557. The molecule has 0 aliphatic rings. The van der Waals surface area contributed by atoms with Crippen LogP contribution in [-0.2, 0) is 0 Å². The predicted octanol–water partition coefficient (Wildman–Crippen LogP) is 3.73. The molecule has 0 spiro atoms. The van der Waals surface area contributed by atoms with Gasteiger partial charge in [-0.15, -0.1) is 0 Å². The molecular weight excluding hydrogens is 234 g/mol. The van der Waals surface area contributed by atoms with E-state index in [2.05, 4.69) is 52.9 Å². The summed E-state index contributed by atoms with van der Waals surface area (Å²) in [5, 5.41) is 6.41. The number of aromatic nitrogens is 1. The van der Waals surface area contributed by atoms with E-state index in [-0.39, 0.29) is 0 Å². The molecule has 0 amide bonds. The molecule has 0 saturated carbocycles. The summed E-state index contributed by atoms with van der Waals surface area (Å²) in [4.78, 5) is 4.44. The van der Waals surface area contributed by atoms with Gasteiger partial charge in [-0.3, -0.25) is 0 Å². The van der Waals surface area contributed by atoms with Crippen molar-refractivity contribution in [3.05, 3.63) is 54.1 Å². The molecular formula is C16H21N3. The number of rotatable bonds is 6. The second-order valence-electron chi connectivity index (χ2n) is 4.69. The van der Waals surface area contributed by atoms with Crippen molar-refractivity contribution in [2.24, 2.45) is 0 Å². The van der Waals surface area contributed by atoms with E-state index in [1.54, 1.807) is 0 Å². The number of benzene rings is 1. The maximum absolute atomic E-state index is 4.44. The van der Waals surface area contributed by atoms with Crippen molar-refractivity contribution in [3.63, 3.8) is 0 Å². The van der Waals surface area contributed by atoms with Crippen LogP contribution in [0.2, 0.25) is 0 Å². The lowest BCUT2D eigenvalue weighted by Crippen LogP contribution is -2.07. The number of pyridine rings is 1. The van der Waals surface area contributed by atoms with Gasteiger partial charge in [-0.1, -0.05) is 43.3 Å². The second kappa shape index (κ2) is 6.78. The Kier molecular flexibility index (Phi) is 4.78. The molecule has 2 aromatic rings. The maximum atomic E-state index is 4.44. The summed E-state index contributed by atoms with van der Waals surface area (Å²) in [5.74, 6) is 2.37. The fourth-order valence-corrected chi connectivity index (χ4v) is 2.04. The van der Waals surface area contributed by atoms with Crippen LogP contribution in [0, 0.1) is 0 Å². The number of hydrogen-bond donors (Lipinski definition) is 2. The SMILES string of the molecule is CNc1cccc(NCCC(C)c2ccccc2)n1. The van der Waals surface area contributed by atoms with Gasteiger partial charge in [0.2, 0.25) is 0 Å². The zero-order chi connectivity index (χ0) is 13.5. The summed E-state index contributed by atoms with van der Waals surface area (Å²) in [6.45, 7) is 3.19. The van der Waals surface area contributed by atoms with Gasteiger partial charge in [0.1, 0.15) is 11.6 Å². The Labute approximate surface area is 115 Å². The Morgan fingerprint density at radius 2 is 1.74 bits per heavy atom. The van der Waals surface area contributed by atoms with Gasteiger partial charge >= 0.3 is 0 Å². The first kappa shape index (κ1) is 13.4. The quantitative estimate of drug-likeness (QED) is 0.826. The minimum atomic E-state index is 0.557. The number of nitrogens with one attached hydrogen (secondary N) is 2. The summed E-state index contributed by atoms with van der Waals surface area (Å²) < 4.78 is 0. The summed E-state index contributed by atoms with van der Waals surface area (Å²) >= 11 is 0. The van der Waals surface area contributed by atoms with Crippen molar-refractivity contribution in [1.82, 2.24) is 4.98 Å². The molecule has 0 saturated heterocycles. The van der Waals surface area contributed by atoms with E-state index in [9.17, 15) is 0 Å². The van der Waals surface area contributed by atoms with Gasteiger partial charge in [0.05, 0.1) is 0 Å². The van der Waals surface area contributed by atoms with E-state index in [0.29, 0.717) is 5.92 Å². The van der Waals surface area contributed by atoms with Gasteiger partial charge in [-0.05, 0) is 30.0 Å². The van der Waals surface area contributed by atoms with Gasteiger partial charge in [0.15, 0.2) is 0 Å². The molecule has 3 nitrogen and oxygen atoms in total.